The summed E-state index contributed by atoms with van der Waals surface area (Å²) in [7, 11) is 0. The van der Waals surface area contributed by atoms with Crippen molar-refractivity contribution in [1.82, 2.24) is 0 Å². The van der Waals surface area contributed by atoms with E-state index >= 15 is 0 Å². The summed E-state index contributed by atoms with van der Waals surface area (Å²) in [6.45, 7) is 0. The molecule has 1 aromatic rings. The van der Waals surface area contributed by atoms with Crippen LogP contribution in [0, 0.1) is 0 Å². The number of hydrogen-bond acceptors (Lipinski definition) is 2. The third-order valence-corrected chi connectivity index (χ3v) is 1.10. The molecule has 0 aliphatic rings. The molecule has 10 heavy (non-hydrogen) atoms. The van der Waals surface area contributed by atoms with Crippen LogP contribution in [0.3, 0.4) is 0 Å². The first-order chi connectivity index (χ1) is 4.86. The maximum absolute atomic E-state index is 10.0. The predicted octanol–water partition coefficient (Wildman–Crippen LogP) is 1.20. The van der Waals surface area contributed by atoms with Gasteiger partial charge in [-0.2, -0.15) is 0 Å². The fourth-order valence-corrected chi connectivity index (χ4v) is 0.646. The van der Waals surface area contributed by atoms with Crippen molar-refractivity contribution in [1.29, 1.82) is 0 Å². The van der Waals surface area contributed by atoms with Gasteiger partial charge in [0, 0.05) is 0 Å². The van der Waals surface area contributed by atoms with Crippen LogP contribution in [0.15, 0.2) is 24.3 Å². The molecule has 52 valence electrons. The minimum absolute atomic E-state index is 0.376. The Morgan fingerprint density at radius 1 is 1.00 bits per heavy atom. The Labute approximate surface area is 58.0 Å². The molecule has 0 amide bonds. The van der Waals surface area contributed by atoms with E-state index in [1.807, 2.05) is 0 Å². The topological polar surface area (TPSA) is 63.9 Å². The van der Waals surface area contributed by atoms with Crippen molar-refractivity contribution in [3.8, 4) is 0 Å². The molecule has 0 fully saturated rings. The molecule has 2 radical (unpaired) electrons. The van der Waals surface area contributed by atoms with Gasteiger partial charge in [-0.05, 0) is 18.2 Å². The van der Waals surface area contributed by atoms with Gasteiger partial charge in [0.2, 0.25) is 0 Å². The summed E-state index contributed by atoms with van der Waals surface area (Å²) < 4.78 is 0. The average Bonchev–Trinajstić information content (AvgIpc) is 2.05. The number of benzene rings is 1. The van der Waals surface area contributed by atoms with Crippen molar-refractivity contribution in [3.05, 3.63) is 24.3 Å². The van der Waals surface area contributed by atoms with Crippen molar-refractivity contribution in [2.45, 2.75) is 0 Å². The maximum Gasteiger partial charge on any atom is 0.0657 e. The average molecular weight is 138 g/mol. The Bertz CT molecular complexity index is 195. The van der Waals surface area contributed by atoms with E-state index in [4.69, 9.17) is 0 Å². The minimum Gasteiger partial charge on any atom is -0.233 e. The van der Waals surface area contributed by atoms with Gasteiger partial charge in [0.1, 0.15) is 0 Å². The molecular formula is C6H6N2O2. The zero-order valence-corrected chi connectivity index (χ0v) is 5.13. The Hall–Kier alpha value is -1.26. The second kappa shape index (κ2) is 3.05. The van der Waals surface area contributed by atoms with Crippen LogP contribution in [0.25, 0.3) is 0 Å². The Kier molecular flexibility index (Phi) is 2.09. The molecule has 0 saturated heterocycles. The van der Waals surface area contributed by atoms with Crippen LogP contribution in [0.2, 0.25) is 0 Å². The Balaban J connectivity index is 2.87. The summed E-state index contributed by atoms with van der Waals surface area (Å²) in [5, 5.41) is 20.0. The fraction of sp³-hybridized carbons (Fsp3) is 0. The molecule has 0 unspecified atom stereocenters. The van der Waals surface area contributed by atoms with Gasteiger partial charge in [-0.3, -0.25) is 0 Å². The molecule has 0 spiro atoms. The highest BCUT2D eigenvalue weighted by Crippen LogP contribution is 2.12. The molecule has 0 heterocycles. The summed E-state index contributed by atoms with van der Waals surface area (Å²) in [6, 6.07) is 6.20. The molecule has 0 aromatic heterocycles. The largest absolute Gasteiger partial charge is 0.233 e. The van der Waals surface area contributed by atoms with E-state index in [-0.39, 0.29) is 0 Å². The molecule has 2 N–H and O–H groups in total. The fourth-order valence-electron chi connectivity index (χ4n) is 0.646. The maximum atomic E-state index is 10.0. The Morgan fingerprint density at radius 2 is 1.50 bits per heavy atom. The highest BCUT2D eigenvalue weighted by atomic mass is 16.5. The molecular weight excluding hydrogens is 132 g/mol. The lowest BCUT2D eigenvalue weighted by atomic mass is 10.3. The lowest BCUT2D eigenvalue weighted by Gasteiger charge is -1.97. The van der Waals surface area contributed by atoms with E-state index < -0.39 is 0 Å². The summed E-state index contributed by atoms with van der Waals surface area (Å²) in [5.74, 6) is 0. The molecule has 0 aliphatic carbocycles. The first-order valence-electron chi connectivity index (χ1n) is 2.73. The van der Waals surface area contributed by atoms with Crippen molar-refractivity contribution in [2.24, 2.45) is 0 Å². The molecule has 1 aromatic carbocycles. The Morgan fingerprint density at radius 3 is 1.90 bits per heavy atom. The molecule has 1 rings (SSSR count). The zero-order valence-electron chi connectivity index (χ0n) is 5.13. The van der Waals surface area contributed by atoms with E-state index in [1.165, 1.54) is 6.07 Å². The van der Waals surface area contributed by atoms with Crippen LogP contribution in [0.5, 0.6) is 0 Å². The summed E-state index contributed by atoms with van der Waals surface area (Å²) in [6.07, 6.45) is 0. The smallest absolute Gasteiger partial charge is 0.0657 e. The van der Waals surface area contributed by atoms with E-state index in [2.05, 4.69) is 0 Å². The molecule has 0 atom stereocenters. The molecule has 0 saturated carbocycles. The van der Waals surface area contributed by atoms with Crippen LogP contribution in [-0.2, 0) is 10.4 Å². The second-order valence-corrected chi connectivity index (χ2v) is 1.78. The van der Waals surface area contributed by atoms with Gasteiger partial charge in [-0.25, -0.2) is 11.0 Å². The van der Waals surface area contributed by atoms with E-state index in [0.29, 0.717) is 11.4 Å². The van der Waals surface area contributed by atoms with Crippen LogP contribution in [-0.4, -0.2) is 0 Å². The van der Waals surface area contributed by atoms with Crippen LogP contribution in [0.1, 0.15) is 0 Å². The lowest BCUT2D eigenvalue weighted by molar-refractivity contribution is 0.272. The molecule has 0 aliphatic heterocycles. The van der Waals surface area contributed by atoms with E-state index in [0.717, 1.165) is 0 Å². The van der Waals surface area contributed by atoms with E-state index in [1.54, 1.807) is 29.2 Å². The highest BCUT2D eigenvalue weighted by molar-refractivity contribution is 5.54. The van der Waals surface area contributed by atoms with Crippen molar-refractivity contribution >= 4 is 11.4 Å². The number of hydrogen-bond donors (Lipinski definition) is 2. The monoisotopic (exact) mass is 138 g/mol. The molecule has 0 bridgehead atoms. The van der Waals surface area contributed by atoms with Gasteiger partial charge in [0.15, 0.2) is 0 Å². The van der Waals surface area contributed by atoms with Crippen molar-refractivity contribution in [2.75, 3.05) is 11.0 Å². The van der Waals surface area contributed by atoms with Gasteiger partial charge in [0.25, 0.3) is 0 Å². The van der Waals surface area contributed by atoms with E-state index in [9.17, 15) is 10.4 Å². The molecule has 4 nitrogen and oxygen atoms in total. The second-order valence-electron chi connectivity index (χ2n) is 1.78. The normalized spacial score (nSPS) is 9.00. The standard InChI is InChI=1S/C6H6N2O2/c9-7-5-2-1-3-6(4-5)8-10/h1-4,7-8H. The predicted molar refractivity (Wildman–Crippen MR) is 35.1 cm³/mol. The minimum atomic E-state index is 0.376. The lowest BCUT2D eigenvalue weighted by Crippen LogP contribution is -1.89. The third kappa shape index (κ3) is 1.37. The van der Waals surface area contributed by atoms with Gasteiger partial charge in [0.05, 0.1) is 11.4 Å². The third-order valence-electron chi connectivity index (χ3n) is 1.10. The van der Waals surface area contributed by atoms with Gasteiger partial charge in [-0.15, -0.1) is 0 Å². The first-order valence-corrected chi connectivity index (χ1v) is 2.73. The SMILES string of the molecule is [O]Nc1cccc(N[O])c1. The zero-order chi connectivity index (χ0) is 7.40. The first kappa shape index (κ1) is 6.85. The number of nitrogens with one attached hydrogen (secondary N) is 2. The van der Waals surface area contributed by atoms with Crippen molar-refractivity contribution < 1.29 is 10.4 Å². The summed E-state index contributed by atoms with van der Waals surface area (Å²) >= 11 is 0. The number of anilines is 2. The quantitative estimate of drug-likeness (QED) is 0.603. The van der Waals surface area contributed by atoms with Crippen LogP contribution in [0.4, 0.5) is 11.4 Å². The van der Waals surface area contributed by atoms with Crippen LogP contribution >= 0.6 is 0 Å². The van der Waals surface area contributed by atoms with Crippen molar-refractivity contribution in [3.63, 3.8) is 0 Å². The highest BCUT2D eigenvalue weighted by Gasteiger charge is 1.91. The summed E-state index contributed by atoms with van der Waals surface area (Å²) in [5.41, 5.74) is 4.10. The van der Waals surface area contributed by atoms with Gasteiger partial charge >= 0.3 is 0 Å². The van der Waals surface area contributed by atoms with Crippen LogP contribution < -0.4 is 11.0 Å². The van der Waals surface area contributed by atoms with Gasteiger partial charge in [-0.1, -0.05) is 16.5 Å². The van der Waals surface area contributed by atoms with Gasteiger partial charge < -0.3 is 0 Å². The molecule has 4 heteroatoms. The summed E-state index contributed by atoms with van der Waals surface area (Å²) in [4.78, 5) is 0. The number of rotatable bonds is 2.